The van der Waals surface area contributed by atoms with Crippen molar-refractivity contribution in [3.8, 4) is 10.4 Å². The summed E-state index contributed by atoms with van der Waals surface area (Å²) in [5.41, 5.74) is 2.20. The summed E-state index contributed by atoms with van der Waals surface area (Å²) in [7, 11) is 2.13. The highest BCUT2D eigenvalue weighted by Crippen LogP contribution is 2.37. The van der Waals surface area contributed by atoms with Crippen molar-refractivity contribution in [1.29, 1.82) is 0 Å². The Morgan fingerprint density at radius 3 is 2.76 bits per heavy atom. The third kappa shape index (κ3) is 4.13. The highest BCUT2D eigenvalue weighted by atomic mass is 32.1. The Hall–Kier alpha value is -1.65. The first-order chi connectivity index (χ1) is 12.0. The fraction of sp³-hybridized carbons (Fsp3) is 0.476. The number of benzene rings is 1. The molecule has 1 aliphatic rings. The van der Waals surface area contributed by atoms with Crippen LogP contribution >= 0.6 is 11.3 Å². The summed E-state index contributed by atoms with van der Waals surface area (Å²) in [5, 5.41) is 5.30. The lowest BCUT2D eigenvalue weighted by atomic mass is 9.73. The van der Waals surface area contributed by atoms with Gasteiger partial charge in [-0.15, -0.1) is 11.3 Å². The minimum absolute atomic E-state index is 0.171. The number of nitrogens with zero attached hydrogens (tertiary/aromatic N) is 1. The molecule has 1 unspecified atom stereocenters. The molecule has 0 radical (unpaired) electrons. The first kappa shape index (κ1) is 18.2. The van der Waals surface area contributed by atoms with Gasteiger partial charge in [-0.1, -0.05) is 30.3 Å². The van der Waals surface area contributed by atoms with E-state index in [1.807, 2.05) is 13.8 Å². The molecule has 1 N–H and O–H groups in total. The molecule has 4 heteroatoms. The van der Waals surface area contributed by atoms with Crippen LogP contribution in [-0.4, -0.2) is 37.0 Å². The topological polar surface area (TPSA) is 32.3 Å². The molecule has 2 heterocycles. The van der Waals surface area contributed by atoms with E-state index in [4.69, 9.17) is 0 Å². The van der Waals surface area contributed by atoms with Crippen molar-refractivity contribution in [3.05, 3.63) is 47.3 Å². The zero-order valence-corrected chi connectivity index (χ0v) is 16.2. The number of thiophene rings is 1. The van der Waals surface area contributed by atoms with Gasteiger partial charge in [-0.05, 0) is 69.3 Å². The van der Waals surface area contributed by atoms with Gasteiger partial charge in [0.15, 0.2) is 0 Å². The van der Waals surface area contributed by atoms with Gasteiger partial charge in [-0.2, -0.15) is 0 Å². The molecule has 134 valence electrons. The van der Waals surface area contributed by atoms with Crippen molar-refractivity contribution in [1.82, 2.24) is 10.2 Å². The number of amides is 1. The lowest BCUT2D eigenvalue weighted by molar-refractivity contribution is -0.134. The number of piperidine rings is 1. The van der Waals surface area contributed by atoms with Crippen LogP contribution in [0.2, 0.25) is 0 Å². The average Bonchev–Trinajstić information content (AvgIpc) is 3.09. The highest BCUT2D eigenvalue weighted by molar-refractivity contribution is 7.13. The van der Waals surface area contributed by atoms with Crippen molar-refractivity contribution in [2.45, 2.75) is 39.2 Å². The quantitative estimate of drug-likeness (QED) is 0.871. The van der Waals surface area contributed by atoms with Crippen LogP contribution in [0.25, 0.3) is 10.4 Å². The largest absolute Gasteiger partial charge is 0.353 e. The minimum Gasteiger partial charge on any atom is -0.353 e. The second-order valence-electron chi connectivity index (χ2n) is 7.56. The number of likely N-dealkylation sites (tertiary alicyclic amines) is 1. The smallest absolute Gasteiger partial charge is 0.228 e. The Bertz CT molecular complexity index is 710. The first-order valence-corrected chi connectivity index (χ1v) is 9.99. The van der Waals surface area contributed by atoms with Crippen LogP contribution < -0.4 is 5.32 Å². The highest BCUT2D eigenvalue weighted by Gasteiger charge is 2.42. The van der Waals surface area contributed by atoms with Gasteiger partial charge in [-0.25, -0.2) is 0 Å². The van der Waals surface area contributed by atoms with Crippen LogP contribution in [0, 0.1) is 5.41 Å². The molecule has 1 fully saturated rings. The summed E-state index contributed by atoms with van der Waals surface area (Å²) >= 11 is 1.76. The van der Waals surface area contributed by atoms with Crippen molar-refractivity contribution in [2.24, 2.45) is 5.41 Å². The third-order valence-corrected chi connectivity index (χ3v) is 5.91. The van der Waals surface area contributed by atoms with E-state index in [0.717, 1.165) is 32.4 Å². The van der Waals surface area contributed by atoms with Gasteiger partial charge < -0.3 is 10.2 Å². The number of hydrogen-bond acceptors (Lipinski definition) is 3. The van der Waals surface area contributed by atoms with E-state index in [-0.39, 0.29) is 17.4 Å². The van der Waals surface area contributed by atoms with E-state index >= 15 is 0 Å². The fourth-order valence-electron chi connectivity index (χ4n) is 3.90. The maximum Gasteiger partial charge on any atom is 0.228 e. The molecule has 0 saturated carbocycles. The Morgan fingerprint density at radius 1 is 1.28 bits per heavy atom. The summed E-state index contributed by atoms with van der Waals surface area (Å²) in [4.78, 5) is 16.7. The molecule has 1 aliphatic heterocycles. The standard InChI is InChI=1S/C21H28N2OS/c1-16(2)22-20(24)21(11-7-12-23(3)15-21)14-17-8-4-5-9-18(17)19-10-6-13-25-19/h4-6,8-10,13,16H,7,11-12,14-15H2,1-3H3,(H,22,24). The molecule has 1 amide bonds. The Kier molecular flexibility index (Phi) is 5.60. The summed E-state index contributed by atoms with van der Waals surface area (Å²) in [5.74, 6) is 0.204. The SMILES string of the molecule is CC(C)NC(=O)C1(Cc2ccccc2-c2cccs2)CCCN(C)C1. The number of carbonyl (C=O) groups is 1. The molecule has 25 heavy (non-hydrogen) atoms. The summed E-state index contributed by atoms with van der Waals surface area (Å²) in [6.45, 7) is 5.98. The fourth-order valence-corrected chi connectivity index (χ4v) is 4.69. The van der Waals surface area contributed by atoms with E-state index in [1.165, 1.54) is 16.0 Å². The van der Waals surface area contributed by atoms with Gasteiger partial charge in [0.2, 0.25) is 5.91 Å². The Morgan fingerprint density at radius 2 is 2.08 bits per heavy atom. The first-order valence-electron chi connectivity index (χ1n) is 9.11. The third-order valence-electron chi connectivity index (χ3n) is 5.00. The number of nitrogens with one attached hydrogen (secondary N) is 1. The van der Waals surface area contributed by atoms with Gasteiger partial charge in [0, 0.05) is 17.5 Å². The molecular weight excluding hydrogens is 328 g/mol. The van der Waals surface area contributed by atoms with Crippen LogP contribution in [0.4, 0.5) is 0 Å². The van der Waals surface area contributed by atoms with Crippen molar-refractivity contribution in [2.75, 3.05) is 20.1 Å². The monoisotopic (exact) mass is 356 g/mol. The van der Waals surface area contributed by atoms with Crippen molar-refractivity contribution in [3.63, 3.8) is 0 Å². The van der Waals surface area contributed by atoms with Crippen LogP contribution in [0.3, 0.4) is 0 Å². The van der Waals surface area contributed by atoms with Crippen LogP contribution in [-0.2, 0) is 11.2 Å². The van der Waals surface area contributed by atoms with Gasteiger partial charge in [0.1, 0.15) is 0 Å². The van der Waals surface area contributed by atoms with Crippen LogP contribution in [0.1, 0.15) is 32.3 Å². The molecule has 3 rings (SSSR count). The van der Waals surface area contributed by atoms with Gasteiger partial charge in [0.05, 0.1) is 5.41 Å². The number of rotatable bonds is 5. The number of hydrogen-bond donors (Lipinski definition) is 1. The molecule has 3 nitrogen and oxygen atoms in total. The van der Waals surface area contributed by atoms with E-state index in [9.17, 15) is 4.79 Å². The molecule has 1 aromatic heterocycles. The van der Waals surface area contributed by atoms with E-state index in [2.05, 4.69) is 59.0 Å². The van der Waals surface area contributed by atoms with Gasteiger partial charge >= 0.3 is 0 Å². The van der Waals surface area contributed by atoms with E-state index in [0.29, 0.717) is 0 Å². The molecular formula is C21H28N2OS. The van der Waals surface area contributed by atoms with Gasteiger partial charge in [0.25, 0.3) is 0 Å². The van der Waals surface area contributed by atoms with E-state index in [1.54, 1.807) is 11.3 Å². The predicted molar refractivity (Wildman–Crippen MR) is 106 cm³/mol. The van der Waals surface area contributed by atoms with Crippen LogP contribution in [0.15, 0.2) is 41.8 Å². The van der Waals surface area contributed by atoms with Crippen molar-refractivity contribution < 1.29 is 4.79 Å². The maximum atomic E-state index is 13.1. The van der Waals surface area contributed by atoms with Crippen molar-refractivity contribution >= 4 is 17.2 Å². The molecule has 1 saturated heterocycles. The zero-order valence-electron chi connectivity index (χ0n) is 15.4. The number of carbonyl (C=O) groups excluding carboxylic acids is 1. The summed E-state index contributed by atoms with van der Waals surface area (Å²) in [6.07, 6.45) is 2.82. The zero-order chi connectivity index (χ0) is 17.9. The molecule has 2 aromatic rings. The van der Waals surface area contributed by atoms with Crippen LogP contribution in [0.5, 0.6) is 0 Å². The predicted octanol–water partition coefficient (Wildman–Crippen LogP) is 4.19. The van der Waals surface area contributed by atoms with Gasteiger partial charge in [-0.3, -0.25) is 4.79 Å². The summed E-state index contributed by atoms with van der Waals surface area (Å²) < 4.78 is 0. The normalized spacial score (nSPS) is 21.4. The average molecular weight is 357 g/mol. The lowest BCUT2D eigenvalue weighted by Gasteiger charge is -2.41. The molecule has 0 spiro atoms. The minimum atomic E-state index is -0.343. The van der Waals surface area contributed by atoms with E-state index < -0.39 is 0 Å². The Labute approximate surface area is 155 Å². The maximum absolute atomic E-state index is 13.1. The molecule has 1 aromatic carbocycles. The molecule has 0 aliphatic carbocycles. The second-order valence-corrected chi connectivity index (χ2v) is 8.51. The lowest BCUT2D eigenvalue weighted by Crippen LogP contribution is -2.53. The Balaban J connectivity index is 1.95. The molecule has 1 atom stereocenters. The second kappa shape index (κ2) is 7.71. The summed E-state index contributed by atoms with van der Waals surface area (Å²) in [6, 6.07) is 13.0. The molecule has 0 bridgehead atoms.